The molecule has 0 fully saturated rings. The molecule has 0 amide bonds. The first-order valence-electron chi connectivity index (χ1n) is 23.9. The Hall–Kier alpha value is -7.33. The van der Waals surface area contributed by atoms with Crippen molar-refractivity contribution in [2.75, 3.05) is 0 Å². The zero-order valence-corrected chi connectivity index (χ0v) is 40.8. The molecule has 11 rings (SSSR count). The number of imidazole rings is 1. The molecule has 0 bridgehead atoms. The third kappa shape index (κ3) is 8.48. The van der Waals surface area contributed by atoms with Gasteiger partial charge in [0.15, 0.2) is 0 Å². The molecule has 0 spiro atoms. The summed E-state index contributed by atoms with van der Waals surface area (Å²) >= 11 is 0. The van der Waals surface area contributed by atoms with E-state index in [1.54, 1.807) is 0 Å². The molecule has 8 aromatic carbocycles. The Bertz CT molecular complexity index is 3630. The van der Waals surface area contributed by atoms with Crippen LogP contribution in [0.2, 0.25) is 0 Å². The summed E-state index contributed by atoms with van der Waals surface area (Å²) in [6.45, 7) is 10.5. The number of aromatic nitrogens is 4. The SMILES string of the molecule is [2H]C([2H])(c1ccc(-c2ccc3c(c2)c2ccc(Oc4[c-]c(-n5[c-][n+](-c6c(-c7ccccc7)cccc6-c6ccccc6)c6ccccc65)ccc4)[c-]c2n3-c2cc(C(C)(C)C)ccn2)cc1)C(C)C.[Pt]. The van der Waals surface area contributed by atoms with Gasteiger partial charge in [0, 0.05) is 47.0 Å². The van der Waals surface area contributed by atoms with Crippen molar-refractivity contribution in [2.45, 2.75) is 46.4 Å². The van der Waals surface area contributed by atoms with Crippen molar-refractivity contribution in [1.29, 1.82) is 0 Å². The van der Waals surface area contributed by atoms with Gasteiger partial charge in [-0.1, -0.05) is 180 Å². The van der Waals surface area contributed by atoms with E-state index in [4.69, 9.17) is 12.5 Å². The van der Waals surface area contributed by atoms with Crippen LogP contribution >= 0.6 is 0 Å². The summed E-state index contributed by atoms with van der Waals surface area (Å²) in [5.41, 5.74) is 13.9. The second kappa shape index (κ2) is 18.4. The van der Waals surface area contributed by atoms with Gasteiger partial charge in [0.05, 0.1) is 16.7 Å². The minimum Gasteiger partial charge on any atom is -0.510 e. The van der Waals surface area contributed by atoms with E-state index in [-0.39, 0.29) is 32.4 Å². The second-order valence-corrected chi connectivity index (χ2v) is 18.4. The van der Waals surface area contributed by atoms with E-state index in [0.29, 0.717) is 17.1 Å². The molecule has 3 heterocycles. The molecule has 0 radical (unpaired) electrons. The molecule has 0 atom stereocenters. The summed E-state index contributed by atoms with van der Waals surface area (Å²) in [4.78, 5) is 4.93. The van der Waals surface area contributed by atoms with Crippen LogP contribution in [0.4, 0.5) is 0 Å². The topological polar surface area (TPSA) is 35.9 Å². The monoisotopic (exact) mass is 1060 g/mol. The fourth-order valence-corrected chi connectivity index (χ4v) is 9.14. The van der Waals surface area contributed by atoms with Crippen LogP contribution in [0, 0.1) is 24.4 Å². The molecule has 0 aliphatic heterocycles. The van der Waals surface area contributed by atoms with E-state index in [1.807, 2.05) is 80.7 Å². The summed E-state index contributed by atoms with van der Waals surface area (Å²) < 4.78 is 30.4. The van der Waals surface area contributed by atoms with Crippen LogP contribution in [0.25, 0.3) is 83.4 Å². The Morgan fingerprint density at radius 2 is 1.28 bits per heavy atom. The Morgan fingerprint density at radius 1 is 0.618 bits per heavy atom. The molecule has 0 aliphatic carbocycles. The van der Waals surface area contributed by atoms with Gasteiger partial charge in [0.1, 0.15) is 5.82 Å². The van der Waals surface area contributed by atoms with Crippen molar-refractivity contribution >= 4 is 32.8 Å². The minimum atomic E-state index is -1.42. The standard InChI is InChI=1S/C62H50N4O.Pt/c1-42(2)36-43-26-28-44(29-27-43)47-30-33-56-55(37-47)54-32-31-51(40-59(54)66(56)60-38-48(34-35-63-60)62(3,4)5)67-50-21-14-20-49(39-50)64-41-65(58-25-13-12-24-57(58)64)61-52(45-16-8-6-9-17-45)22-15-23-53(61)46-18-10-7-11-19-46;/h6-35,37-38,42H,36H2,1-5H3;/q-2;/i36D2;. The minimum absolute atomic E-state index is 0. The Kier molecular flexibility index (Phi) is 11.4. The van der Waals surface area contributed by atoms with Crippen LogP contribution < -0.4 is 9.30 Å². The Morgan fingerprint density at radius 3 is 1.99 bits per heavy atom. The molecule has 0 N–H and O–H groups in total. The van der Waals surface area contributed by atoms with Crippen LogP contribution in [0.3, 0.4) is 0 Å². The van der Waals surface area contributed by atoms with Gasteiger partial charge >= 0.3 is 0 Å². The average Bonchev–Trinajstić information content (AvgIpc) is 3.92. The smallest absolute Gasteiger partial charge is 0.268 e. The first kappa shape index (κ1) is 42.1. The summed E-state index contributed by atoms with van der Waals surface area (Å²) in [7, 11) is 0. The van der Waals surface area contributed by atoms with Gasteiger partial charge in [0.2, 0.25) is 0 Å². The van der Waals surface area contributed by atoms with Crippen LogP contribution in [0.5, 0.6) is 11.5 Å². The Balaban J connectivity index is 0.00000567. The number of fused-ring (bicyclic) bond motifs is 4. The maximum atomic E-state index is 8.63. The number of ether oxygens (including phenoxy) is 1. The molecule has 3 aromatic heterocycles. The van der Waals surface area contributed by atoms with Crippen LogP contribution in [-0.4, -0.2) is 14.1 Å². The summed E-state index contributed by atoms with van der Waals surface area (Å²) in [6, 6.07) is 71.8. The molecule has 0 aliphatic rings. The second-order valence-electron chi connectivity index (χ2n) is 18.4. The quantitative estimate of drug-likeness (QED) is 0.101. The molecule has 5 nitrogen and oxygen atoms in total. The van der Waals surface area contributed by atoms with Crippen molar-refractivity contribution < 1.29 is 33.1 Å². The number of para-hydroxylation sites is 3. The van der Waals surface area contributed by atoms with Crippen molar-refractivity contribution in [2.24, 2.45) is 5.92 Å². The van der Waals surface area contributed by atoms with Crippen LogP contribution in [-0.2, 0) is 32.9 Å². The summed E-state index contributed by atoms with van der Waals surface area (Å²) in [5, 5.41) is 2.06. The number of pyridine rings is 1. The molecule has 68 heavy (non-hydrogen) atoms. The van der Waals surface area contributed by atoms with Crippen molar-refractivity contribution in [3.8, 4) is 62.1 Å². The van der Waals surface area contributed by atoms with Gasteiger partial charge < -0.3 is 13.9 Å². The molecule has 0 saturated heterocycles. The normalized spacial score (nSPS) is 12.3. The first-order valence-corrected chi connectivity index (χ1v) is 22.9. The third-order valence-electron chi connectivity index (χ3n) is 12.4. The Labute approximate surface area is 416 Å². The predicted octanol–water partition coefficient (Wildman–Crippen LogP) is 15.1. The number of benzene rings is 8. The van der Waals surface area contributed by atoms with E-state index >= 15 is 0 Å². The number of hydrogen-bond acceptors (Lipinski definition) is 2. The largest absolute Gasteiger partial charge is 0.510 e. The summed E-state index contributed by atoms with van der Waals surface area (Å²) in [5.74, 6) is 1.74. The van der Waals surface area contributed by atoms with E-state index < -0.39 is 6.37 Å². The maximum Gasteiger partial charge on any atom is 0.268 e. The zero-order chi connectivity index (χ0) is 47.4. The van der Waals surface area contributed by atoms with Gasteiger partial charge in [-0.05, 0) is 91.5 Å². The van der Waals surface area contributed by atoms with Gasteiger partial charge in [0.25, 0.3) is 6.33 Å². The predicted molar refractivity (Wildman–Crippen MR) is 274 cm³/mol. The molecular formula is C62H50N4OPt-2. The van der Waals surface area contributed by atoms with Crippen molar-refractivity contribution in [3.63, 3.8) is 0 Å². The van der Waals surface area contributed by atoms with Crippen LogP contribution in [0.15, 0.2) is 194 Å². The fourth-order valence-electron chi connectivity index (χ4n) is 9.14. The molecule has 6 heteroatoms. The molecule has 0 saturated carbocycles. The number of nitrogens with zero attached hydrogens (tertiary/aromatic N) is 4. The zero-order valence-electron chi connectivity index (χ0n) is 40.6. The van der Waals surface area contributed by atoms with E-state index in [1.165, 1.54) is 5.56 Å². The molecular weight excluding hydrogens is 1010 g/mol. The third-order valence-corrected chi connectivity index (χ3v) is 12.4. The summed E-state index contributed by atoms with van der Waals surface area (Å²) in [6.07, 6.45) is 4.22. The molecule has 336 valence electrons. The van der Waals surface area contributed by atoms with Gasteiger partial charge in [-0.2, -0.15) is 18.2 Å². The first-order chi connectivity index (χ1) is 33.4. The molecule has 0 unspecified atom stereocenters. The van der Waals surface area contributed by atoms with Gasteiger partial charge in [-0.25, -0.2) is 4.98 Å². The van der Waals surface area contributed by atoms with Crippen molar-refractivity contribution in [3.05, 3.63) is 224 Å². The van der Waals surface area contributed by atoms with Gasteiger partial charge in [-0.15, -0.1) is 29.7 Å². The van der Waals surface area contributed by atoms with Crippen molar-refractivity contribution in [1.82, 2.24) is 14.1 Å². The number of rotatable bonds is 10. The fraction of sp³-hybridized carbons (Fsp3) is 0.129. The van der Waals surface area contributed by atoms with Crippen LogP contribution in [0.1, 0.15) is 48.5 Å². The number of hydrogen-bond donors (Lipinski definition) is 0. The molecule has 11 aromatic rings. The van der Waals surface area contributed by atoms with E-state index in [0.717, 1.165) is 83.4 Å². The maximum absolute atomic E-state index is 8.63. The van der Waals surface area contributed by atoms with E-state index in [2.05, 4.69) is 180 Å². The van der Waals surface area contributed by atoms with Gasteiger partial charge in [-0.3, -0.25) is 4.57 Å². The average molecular weight is 1060 g/mol. The van der Waals surface area contributed by atoms with E-state index in [9.17, 15) is 0 Å².